The molecule has 3 aliphatic carbocycles. The number of aryl methyl sites for hydroxylation is 1. The first-order chi connectivity index (χ1) is 24.8. The van der Waals surface area contributed by atoms with Crippen molar-refractivity contribution >= 4 is 50.0 Å². The highest BCUT2D eigenvalue weighted by molar-refractivity contribution is 7.91. The van der Waals surface area contributed by atoms with E-state index in [2.05, 4.69) is 23.9 Å². The number of rotatable bonds is 8. The van der Waals surface area contributed by atoms with Gasteiger partial charge in [-0.25, -0.2) is 18.4 Å². The Kier molecular flexibility index (Phi) is 9.83. The average Bonchev–Trinajstić information content (AvgIpc) is 3.98. The lowest BCUT2D eigenvalue weighted by atomic mass is 9.93. The number of allylic oxidation sites excluding steroid dienone is 1. The van der Waals surface area contributed by atoms with E-state index in [1.807, 2.05) is 42.7 Å². The molecule has 5 atom stereocenters. The summed E-state index contributed by atoms with van der Waals surface area (Å²) in [5, 5.41) is 5.95. The lowest BCUT2D eigenvalue weighted by Gasteiger charge is -2.26. The first-order valence-corrected chi connectivity index (χ1v) is 20.6. The normalized spacial score (nSPS) is 27.4. The maximum atomic E-state index is 14.3. The van der Waals surface area contributed by atoms with Gasteiger partial charge in [0.2, 0.25) is 21.8 Å². The zero-order valence-corrected chi connectivity index (χ0v) is 31.9. The van der Waals surface area contributed by atoms with Crippen molar-refractivity contribution in [3.63, 3.8) is 0 Å². The Labute approximate surface area is 308 Å². The topological polar surface area (TPSA) is 157 Å². The summed E-state index contributed by atoms with van der Waals surface area (Å²) in [5.74, 6) is -1.63. The van der Waals surface area contributed by atoms with E-state index in [1.165, 1.54) is 11.3 Å². The summed E-state index contributed by atoms with van der Waals surface area (Å²) < 4.78 is 40.2. The Morgan fingerprint density at radius 2 is 1.88 bits per heavy atom. The first-order valence-electron chi connectivity index (χ1n) is 18.2. The molecule has 0 saturated heterocycles. The summed E-state index contributed by atoms with van der Waals surface area (Å²) in [6.45, 7) is 6.69. The molecule has 2 aromatic heterocycles. The smallest absolute Gasteiger partial charge is 0.259 e. The van der Waals surface area contributed by atoms with Crippen molar-refractivity contribution in [2.75, 3.05) is 20.7 Å². The standard InChI is InChI=1S/C38H47N5O7S2/c1-21(2)30-20-51-35(40-30)29-18-32(26-13-14-31(49-5)22(3)33(26)39-29)50-24-16-27-28(17-24)36(45)43(4)15-9-7-6-8-10-23-19-38(23,41-34(27)44)37(46)42-52(47,48)25-11-12-25/h8,10,13-14,18,20-21,23-25,27-28H,6-7,9,11-12,15-17,19H2,1-5H3,(H,41,44)(H,42,46)/b10-8-/t23?,24-,27-,28-,38-/m1/s1. The van der Waals surface area contributed by atoms with Gasteiger partial charge in [0, 0.05) is 41.9 Å². The predicted octanol–water partition coefficient (Wildman–Crippen LogP) is 5.25. The number of nitrogens with one attached hydrogen (secondary N) is 2. The van der Waals surface area contributed by atoms with Crippen molar-refractivity contribution in [1.82, 2.24) is 24.9 Å². The number of hydrogen-bond acceptors (Lipinski definition) is 10. The lowest BCUT2D eigenvalue weighted by molar-refractivity contribution is -0.140. The van der Waals surface area contributed by atoms with Crippen molar-refractivity contribution in [1.29, 1.82) is 0 Å². The molecule has 1 aliphatic heterocycles. The fraction of sp³-hybridized carbons (Fsp3) is 0.553. The Hall–Kier alpha value is -4.04. The summed E-state index contributed by atoms with van der Waals surface area (Å²) in [7, 11) is -0.445. The summed E-state index contributed by atoms with van der Waals surface area (Å²) in [6, 6.07) is 5.66. The third-order valence-corrected chi connectivity index (χ3v) is 13.7. The molecule has 52 heavy (non-hydrogen) atoms. The second-order valence-electron chi connectivity index (χ2n) is 15.1. The molecule has 14 heteroatoms. The van der Waals surface area contributed by atoms with Gasteiger partial charge in [0.25, 0.3) is 5.91 Å². The first kappa shape index (κ1) is 36.3. The molecule has 2 N–H and O–H groups in total. The van der Waals surface area contributed by atoms with E-state index in [9.17, 15) is 22.8 Å². The highest BCUT2D eigenvalue weighted by Crippen LogP contribution is 2.47. The molecule has 1 unspecified atom stereocenters. The van der Waals surface area contributed by atoms with Gasteiger partial charge < -0.3 is 19.7 Å². The van der Waals surface area contributed by atoms with Crippen LogP contribution in [0.2, 0.25) is 0 Å². The van der Waals surface area contributed by atoms with Crippen molar-refractivity contribution in [2.45, 2.75) is 94.9 Å². The summed E-state index contributed by atoms with van der Waals surface area (Å²) in [4.78, 5) is 53.5. The number of pyridine rings is 1. The molecule has 7 rings (SSSR count). The molecule has 0 radical (unpaired) electrons. The second-order valence-corrected chi connectivity index (χ2v) is 17.9. The highest BCUT2D eigenvalue weighted by Gasteiger charge is 2.62. The van der Waals surface area contributed by atoms with Crippen LogP contribution in [-0.2, 0) is 24.4 Å². The number of amides is 3. The van der Waals surface area contributed by atoms with Crippen LogP contribution in [0.5, 0.6) is 11.5 Å². The number of ether oxygens (including phenoxy) is 2. The molecule has 3 amide bonds. The third kappa shape index (κ3) is 7.03. The fourth-order valence-corrected chi connectivity index (χ4v) is 9.85. The molecule has 1 aromatic carbocycles. The molecule has 12 nitrogen and oxygen atoms in total. The molecule has 278 valence electrons. The minimum atomic E-state index is -3.83. The maximum Gasteiger partial charge on any atom is 0.259 e. The molecular weight excluding hydrogens is 703 g/mol. The van der Waals surface area contributed by atoms with Gasteiger partial charge in [0.1, 0.15) is 33.8 Å². The van der Waals surface area contributed by atoms with Gasteiger partial charge in [-0.05, 0) is 76.3 Å². The zero-order valence-electron chi connectivity index (χ0n) is 30.3. The van der Waals surface area contributed by atoms with Crippen molar-refractivity contribution < 1.29 is 32.3 Å². The number of hydrogen-bond donors (Lipinski definition) is 2. The van der Waals surface area contributed by atoms with Crippen LogP contribution >= 0.6 is 11.3 Å². The summed E-state index contributed by atoms with van der Waals surface area (Å²) in [5.41, 5.74) is 1.79. The number of carbonyl (C=O) groups is 3. The molecule has 4 aliphatic rings. The second kappa shape index (κ2) is 14.1. The number of sulfonamides is 1. The summed E-state index contributed by atoms with van der Waals surface area (Å²) >= 11 is 1.51. The SMILES string of the molecule is COc1ccc2c(O[C@@H]3C[C@H]4C(=O)N[C@]5(C(=O)NS(=O)(=O)C6CC6)CC5/C=C\CCCCN(C)C(=O)[C@@H]4C3)cc(-c3nc(C(C)C)cs3)nc2c1C. The van der Waals surface area contributed by atoms with Crippen LogP contribution in [0.3, 0.4) is 0 Å². The van der Waals surface area contributed by atoms with E-state index in [0.29, 0.717) is 48.5 Å². The minimum Gasteiger partial charge on any atom is -0.496 e. The van der Waals surface area contributed by atoms with Gasteiger partial charge in [-0.2, -0.15) is 0 Å². The van der Waals surface area contributed by atoms with E-state index in [-0.39, 0.29) is 30.6 Å². The van der Waals surface area contributed by atoms with Crippen molar-refractivity contribution in [2.24, 2.45) is 17.8 Å². The number of methoxy groups -OCH3 is 1. The van der Waals surface area contributed by atoms with Gasteiger partial charge in [-0.1, -0.05) is 26.0 Å². The summed E-state index contributed by atoms with van der Waals surface area (Å²) in [6.07, 6.45) is 7.61. The van der Waals surface area contributed by atoms with E-state index >= 15 is 0 Å². The highest BCUT2D eigenvalue weighted by atomic mass is 32.2. The van der Waals surface area contributed by atoms with Gasteiger partial charge in [-0.15, -0.1) is 11.3 Å². The van der Waals surface area contributed by atoms with E-state index < -0.39 is 50.6 Å². The van der Waals surface area contributed by atoms with Gasteiger partial charge >= 0.3 is 0 Å². The van der Waals surface area contributed by atoms with Crippen LogP contribution in [0.1, 0.15) is 82.4 Å². The maximum absolute atomic E-state index is 14.3. The lowest BCUT2D eigenvalue weighted by Crippen LogP contribution is -2.54. The van der Waals surface area contributed by atoms with Crippen molar-refractivity contribution in [3.8, 4) is 22.2 Å². The molecular formula is C38H47N5O7S2. The quantitative estimate of drug-likeness (QED) is 0.294. The molecule has 3 heterocycles. The van der Waals surface area contributed by atoms with Gasteiger partial charge in [0.15, 0.2) is 0 Å². The van der Waals surface area contributed by atoms with Gasteiger partial charge in [-0.3, -0.25) is 19.1 Å². The van der Waals surface area contributed by atoms with E-state index in [1.54, 1.807) is 19.1 Å². The van der Waals surface area contributed by atoms with Crippen LogP contribution < -0.4 is 19.5 Å². The van der Waals surface area contributed by atoms with Crippen LogP contribution in [0, 0.1) is 24.7 Å². The predicted molar refractivity (Wildman–Crippen MR) is 199 cm³/mol. The van der Waals surface area contributed by atoms with Crippen molar-refractivity contribution in [3.05, 3.63) is 47.0 Å². The number of thiazole rings is 1. The Bertz CT molecular complexity index is 2040. The van der Waals surface area contributed by atoms with Crippen LogP contribution in [0.4, 0.5) is 0 Å². The zero-order chi connectivity index (χ0) is 36.9. The average molecular weight is 750 g/mol. The number of carbonyl (C=O) groups excluding carboxylic acids is 3. The molecule has 0 bridgehead atoms. The van der Waals surface area contributed by atoms with Crippen LogP contribution in [0.25, 0.3) is 21.6 Å². The largest absolute Gasteiger partial charge is 0.496 e. The number of fused-ring (bicyclic) bond motifs is 3. The third-order valence-electron chi connectivity index (χ3n) is 11.0. The Morgan fingerprint density at radius 1 is 1.12 bits per heavy atom. The monoisotopic (exact) mass is 749 g/mol. The Balaban J connectivity index is 1.21. The van der Waals surface area contributed by atoms with E-state index in [4.69, 9.17) is 19.4 Å². The minimum absolute atomic E-state index is 0.147. The number of nitrogens with zero attached hydrogens (tertiary/aromatic N) is 3. The molecule has 0 spiro atoms. The van der Waals surface area contributed by atoms with Crippen LogP contribution in [-0.4, -0.2) is 78.6 Å². The molecule has 3 aromatic rings. The van der Waals surface area contributed by atoms with Gasteiger partial charge in [0.05, 0.1) is 35.4 Å². The number of aromatic nitrogens is 2. The Morgan fingerprint density at radius 3 is 2.60 bits per heavy atom. The number of benzene rings is 1. The van der Waals surface area contributed by atoms with Crippen LogP contribution in [0.15, 0.2) is 35.7 Å². The van der Waals surface area contributed by atoms with E-state index in [0.717, 1.165) is 40.9 Å². The molecule has 3 saturated carbocycles. The fourth-order valence-electron chi connectivity index (χ4n) is 7.55. The molecule has 3 fully saturated rings.